The fourth-order valence-electron chi connectivity index (χ4n) is 1.14. The van der Waals surface area contributed by atoms with Gasteiger partial charge in [-0.1, -0.05) is 26.1 Å². The average Bonchev–Trinajstić information content (AvgIpc) is 2.22. The van der Waals surface area contributed by atoms with Gasteiger partial charge in [0.2, 0.25) is 0 Å². The topological polar surface area (TPSA) is 35.2 Å². The van der Waals surface area contributed by atoms with E-state index in [1.54, 1.807) is 6.92 Å². The van der Waals surface area contributed by atoms with Gasteiger partial charge in [-0.2, -0.15) is 0 Å². The predicted molar refractivity (Wildman–Crippen MR) is 67.2 cm³/mol. The first kappa shape index (κ1) is 13.8. The highest BCUT2D eigenvalue weighted by molar-refractivity contribution is 7.80. The van der Waals surface area contributed by atoms with Crippen molar-refractivity contribution in [3.05, 3.63) is 29.3 Å². The first-order valence-corrected chi connectivity index (χ1v) is 5.69. The molecule has 1 aromatic carbocycles. The molecule has 94 valence electrons. The summed E-state index contributed by atoms with van der Waals surface area (Å²) in [6, 6.07) is 2.15. The summed E-state index contributed by atoms with van der Waals surface area (Å²) in [4.78, 5) is -0.0498. The van der Waals surface area contributed by atoms with Crippen LogP contribution >= 0.6 is 12.2 Å². The van der Waals surface area contributed by atoms with Gasteiger partial charge in [0.1, 0.15) is 4.99 Å². The maximum absolute atomic E-state index is 13.6. The average molecular weight is 259 g/mol. The number of ether oxygens (including phenoxy) is 1. The maximum Gasteiger partial charge on any atom is 0.191 e. The lowest BCUT2D eigenvalue weighted by Crippen LogP contribution is -2.20. The highest BCUT2D eigenvalue weighted by Gasteiger charge is 2.17. The predicted octanol–water partition coefficient (Wildman–Crippen LogP) is 3.02. The summed E-state index contributed by atoms with van der Waals surface area (Å²) in [5, 5.41) is 0. The Kier molecular flexibility index (Phi) is 4.40. The zero-order chi connectivity index (χ0) is 13.2. The van der Waals surface area contributed by atoms with Crippen molar-refractivity contribution in [2.75, 3.05) is 0 Å². The summed E-state index contributed by atoms with van der Waals surface area (Å²) in [6.45, 7) is 5.57. The van der Waals surface area contributed by atoms with Crippen molar-refractivity contribution in [3.63, 3.8) is 0 Å². The molecule has 2 nitrogen and oxygen atoms in total. The monoisotopic (exact) mass is 259 g/mol. The van der Waals surface area contributed by atoms with Crippen LogP contribution in [0.5, 0.6) is 5.75 Å². The number of nitrogens with two attached hydrogens (primary N) is 1. The lowest BCUT2D eigenvalue weighted by molar-refractivity contribution is 0.156. The first-order valence-electron chi connectivity index (χ1n) is 5.28. The molecule has 1 aromatic rings. The van der Waals surface area contributed by atoms with E-state index in [4.69, 9.17) is 10.5 Å². The normalized spacial score (nSPS) is 12.6. The molecular weight excluding hydrogens is 244 g/mol. The second-order valence-electron chi connectivity index (χ2n) is 4.20. The van der Waals surface area contributed by atoms with E-state index >= 15 is 0 Å². The Morgan fingerprint density at radius 2 is 1.71 bits per heavy atom. The summed E-state index contributed by atoms with van der Waals surface area (Å²) in [5.41, 5.74) is 5.46. The molecule has 1 atom stereocenters. The number of hydrogen-bond acceptors (Lipinski definition) is 2. The van der Waals surface area contributed by atoms with Gasteiger partial charge in [0.05, 0.1) is 6.10 Å². The Hall–Kier alpha value is -1.23. The fraction of sp³-hybridized carbons (Fsp3) is 0.417. The van der Waals surface area contributed by atoms with E-state index in [9.17, 15) is 8.78 Å². The second kappa shape index (κ2) is 5.40. The van der Waals surface area contributed by atoms with Gasteiger partial charge in [-0.25, -0.2) is 8.78 Å². The van der Waals surface area contributed by atoms with Gasteiger partial charge in [-0.15, -0.1) is 0 Å². The third-order valence-electron chi connectivity index (χ3n) is 2.53. The molecule has 0 saturated heterocycles. The van der Waals surface area contributed by atoms with Crippen LogP contribution in [0.15, 0.2) is 12.1 Å². The third kappa shape index (κ3) is 3.36. The molecule has 0 aliphatic heterocycles. The maximum atomic E-state index is 13.6. The van der Waals surface area contributed by atoms with Crippen molar-refractivity contribution in [3.8, 4) is 5.75 Å². The summed E-state index contributed by atoms with van der Waals surface area (Å²) in [6.07, 6.45) is -0.283. The SMILES string of the molecule is CC(C)C(C)Oc1c(F)cc(C(N)=S)cc1F. The Morgan fingerprint density at radius 3 is 2.06 bits per heavy atom. The Morgan fingerprint density at radius 1 is 1.24 bits per heavy atom. The lowest BCUT2D eigenvalue weighted by atomic mass is 10.1. The van der Waals surface area contributed by atoms with Crippen LogP contribution in [0.1, 0.15) is 26.3 Å². The van der Waals surface area contributed by atoms with Crippen LogP contribution in [0.4, 0.5) is 8.78 Å². The van der Waals surface area contributed by atoms with Crippen LogP contribution in [-0.4, -0.2) is 11.1 Å². The Balaban J connectivity index is 3.06. The molecular formula is C12H15F2NOS. The number of thiocarbonyl (C=S) groups is 1. The van der Waals surface area contributed by atoms with Crippen molar-refractivity contribution in [1.82, 2.24) is 0 Å². The molecule has 0 aliphatic rings. The zero-order valence-corrected chi connectivity index (χ0v) is 10.8. The van der Waals surface area contributed by atoms with Gasteiger partial charge in [-0.05, 0) is 25.0 Å². The number of halogens is 2. The van der Waals surface area contributed by atoms with Crippen LogP contribution in [0.2, 0.25) is 0 Å². The van der Waals surface area contributed by atoms with Crippen molar-refractivity contribution in [1.29, 1.82) is 0 Å². The smallest absolute Gasteiger partial charge is 0.191 e. The van der Waals surface area contributed by atoms with Gasteiger partial charge in [0.15, 0.2) is 17.4 Å². The van der Waals surface area contributed by atoms with E-state index in [0.29, 0.717) is 0 Å². The van der Waals surface area contributed by atoms with E-state index in [1.807, 2.05) is 13.8 Å². The van der Waals surface area contributed by atoms with E-state index in [2.05, 4.69) is 12.2 Å². The molecule has 0 aromatic heterocycles. The summed E-state index contributed by atoms with van der Waals surface area (Å²) in [5.74, 6) is -1.81. The van der Waals surface area contributed by atoms with E-state index < -0.39 is 11.6 Å². The minimum atomic E-state index is -0.791. The molecule has 0 spiro atoms. The van der Waals surface area contributed by atoms with Crippen LogP contribution < -0.4 is 10.5 Å². The van der Waals surface area contributed by atoms with E-state index in [-0.39, 0.29) is 28.3 Å². The molecule has 5 heteroatoms. The molecule has 0 fully saturated rings. The Bertz CT molecular complexity index is 412. The largest absolute Gasteiger partial charge is 0.484 e. The molecule has 17 heavy (non-hydrogen) atoms. The standard InChI is InChI=1S/C12H15F2NOS/c1-6(2)7(3)16-11-9(13)4-8(12(15)17)5-10(11)14/h4-7H,1-3H3,(H2,15,17). The van der Waals surface area contributed by atoms with Gasteiger partial charge < -0.3 is 10.5 Å². The lowest BCUT2D eigenvalue weighted by Gasteiger charge is -2.19. The van der Waals surface area contributed by atoms with Crippen LogP contribution in [0, 0.1) is 17.6 Å². The van der Waals surface area contributed by atoms with Crippen molar-refractivity contribution < 1.29 is 13.5 Å². The van der Waals surface area contributed by atoms with Crippen LogP contribution in [0.25, 0.3) is 0 Å². The molecule has 2 N–H and O–H groups in total. The summed E-state index contributed by atoms with van der Waals surface area (Å²) >= 11 is 4.66. The number of benzene rings is 1. The number of hydrogen-bond donors (Lipinski definition) is 1. The molecule has 1 unspecified atom stereocenters. The van der Waals surface area contributed by atoms with Gasteiger partial charge in [0, 0.05) is 5.56 Å². The zero-order valence-electron chi connectivity index (χ0n) is 9.96. The highest BCUT2D eigenvalue weighted by atomic mass is 32.1. The van der Waals surface area contributed by atoms with Crippen molar-refractivity contribution >= 4 is 17.2 Å². The summed E-state index contributed by atoms with van der Waals surface area (Å²) < 4.78 is 32.5. The number of rotatable bonds is 4. The quantitative estimate of drug-likeness (QED) is 0.844. The molecule has 0 saturated carbocycles. The highest BCUT2D eigenvalue weighted by Crippen LogP contribution is 2.25. The van der Waals surface area contributed by atoms with Gasteiger partial charge >= 0.3 is 0 Å². The molecule has 0 aliphatic carbocycles. The summed E-state index contributed by atoms with van der Waals surface area (Å²) in [7, 11) is 0. The molecule has 0 heterocycles. The minimum Gasteiger partial charge on any atom is -0.484 e. The first-order chi connectivity index (χ1) is 7.82. The second-order valence-corrected chi connectivity index (χ2v) is 4.64. The van der Waals surface area contributed by atoms with Crippen LogP contribution in [-0.2, 0) is 0 Å². The van der Waals surface area contributed by atoms with Gasteiger partial charge in [-0.3, -0.25) is 0 Å². The third-order valence-corrected chi connectivity index (χ3v) is 2.76. The van der Waals surface area contributed by atoms with Crippen molar-refractivity contribution in [2.45, 2.75) is 26.9 Å². The van der Waals surface area contributed by atoms with Crippen LogP contribution in [0.3, 0.4) is 0 Å². The molecule has 0 amide bonds. The Labute approximate surface area is 105 Å². The minimum absolute atomic E-state index is 0.0498. The van der Waals surface area contributed by atoms with E-state index in [1.165, 1.54) is 0 Å². The fourth-order valence-corrected chi connectivity index (χ4v) is 1.25. The van der Waals surface area contributed by atoms with E-state index in [0.717, 1.165) is 12.1 Å². The molecule has 0 radical (unpaired) electrons. The molecule has 1 rings (SSSR count). The molecule has 0 bridgehead atoms. The van der Waals surface area contributed by atoms with Crippen molar-refractivity contribution in [2.24, 2.45) is 11.7 Å². The van der Waals surface area contributed by atoms with Gasteiger partial charge in [0.25, 0.3) is 0 Å².